The van der Waals surface area contributed by atoms with Crippen LogP contribution in [-0.4, -0.2) is 23.2 Å². The van der Waals surface area contributed by atoms with Gasteiger partial charge in [-0.2, -0.15) is 5.10 Å². The number of aromatic nitrogens is 2. The van der Waals surface area contributed by atoms with E-state index in [0.29, 0.717) is 16.6 Å². The second-order valence-corrected chi connectivity index (χ2v) is 7.82. The molecular formula is C22H22ClN3O2. The quantitative estimate of drug-likeness (QED) is 0.659. The third-order valence-corrected chi connectivity index (χ3v) is 5.20. The Bertz CT molecular complexity index is 1010. The number of aromatic amines is 1. The number of nitrogens with one attached hydrogen (secondary N) is 1. The van der Waals surface area contributed by atoms with Crippen molar-refractivity contribution in [3.8, 4) is 5.75 Å². The van der Waals surface area contributed by atoms with E-state index in [0.717, 1.165) is 34.7 Å². The minimum absolute atomic E-state index is 0.0901. The maximum absolute atomic E-state index is 13.3. The normalized spacial score (nSPS) is 16.0. The Morgan fingerprint density at radius 3 is 2.61 bits per heavy atom. The molecule has 0 saturated heterocycles. The van der Waals surface area contributed by atoms with Gasteiger partial charge in [-0.1, -0.05) is 37.6 Å². The minimum Gasteiger partial charge on any atom is -0.497 e. The van der Waals surface area contributed by atoms with E-state index in [2.05, 4.69) is 24.0 Å². The summed E-state index contributed by atoms with van der Waals surface area (Å²) in [5.74, 6) is 1.08. The molecular weight excluding hydrogens is 374 g/mol. The summed E-state index contributed by atoms with van der Waals surface area (Å²) in [4.78, 5) is 15.1. The summed E-state index contributed by atoms with van der Waals surface area (Å²) >= 11 is 6.27. The van der Waals surface area contributed by atoms with Crippen LogP contribution in [0.1, 0.15) is 47.2 Å². The van der Waals surface area contributed by atoms with E-state index in [1.54, 1.807) is 12.0 Å². The molecule has 1 atom stereocenters. The van der Waals surface area contributed by atoms with Crippen molar-refractivity contribution in [1.29, 1.82) is 0 Å². The van der Waals surface area contributed by atoms with E-state index in [4.69, 9.17) is 16.3 Å². The average Bonchev–Trinajstić information content (AvgIpc) is 3.20. The number of amides is 1. The number of hydrogen-bond acceptors (Lipinski definition) is 3. The summed E-state index contributed by atoms with van der Waals surface area (Å²) in [6, 6.07) is 14.9. The van der Waals surface area contributed by atoms with E-state index < -0.39 is 0 Å². The molecule has 3 aromatic rings. The smallest absolute Gasteiger partial charge is 0.277 e. The van der Waals surface area contributed by atoms with Crippen LogP contribution < -0.4 is 9.64 Å². The number of carbonyl (C=O) groups is 1. The van der Waals surface area contributed by atoms with Gasteiger partial charge in [0.1, 0.15) is 11.4 Å². The molecule has 0 radical (unpaired) electrons. The molecule has 5 nitrogen and oxygen atoms in total. The van der Waals surface area contributed by atoms with E-state index in [9.17, 15) is 4.79 Å². The van der Waals surface area contributed by atoms with Crippen molar-refractivity contribution in [1.82, 2.24) is 10.2 Å². The van der Waals surface area contributed by atoms with Crippen LogP contribution >= 0.6 is 11.6 Å². The van der Waals surface area contributed by atoms with Crippen LogP contribution in [0.4, 0.5) is 5.69 Å². The predicted molar refractivity (Wildman–Crippen MR) is 110 cm³/mol. The van der Waals surface area contributed by atoms with Crippen LogP contribution in [-0.2, 0) is 6.42 Å². The molecule has 1 aromatic heterocycles. The van der Waals surface area contributed by atoms with Crippen molar-refractivity contribution in [3.63, 3.8) is 0 Å². The summed E-state index contributed by atoms with van der Waals surface area (Å²) in [5, 5.41) is 8.08. The van der Waals surface area contributed by atoms with Crippen molar-refractivity contribution in [2.75, 3.05) is 12.0 Å². The molecule has 0 fully saturated rings. The first kappa shape index (κ1) is 18.6. The molecule has 1 unspecified atom stereocenters. The van der Waals surface area contributed by atoms with E-state index in [-0.39, 0.29) is 11.9 Å². The molecule has 2 heterocycles. The third kappa shape index (κ3) is 3.16. The maximum atomic E-state index is 13.3. The van der Waals surface area contributed by atoms with E-state index in [1.165, 1.54) is 0 Å². The standard InChI is InChI=1S/C22H22ClN3O2/c1-13(2)11-18-19-20(25-24-18)22(27)26(16-7-9-17(28-3)10-8-16)21(19)14-5-4-6-15(23)12-14/h4-10,12-13,21H,11H2,1-3H3,(H,24,25). The zero-order chi connectivity index (χ0) is 19.8. The van der Waals surface area contributed by atoms with Gasteiger partial charge in [0.15, 0.2) is 0 Å². The molecule has 1 aliphatic rings. The van der Waals surface area contributed by atoms with Crippen LogP contribution in [0.25, 0.3) is 0 Å². The number of H-pyrrole nitrogens is 1. The van der Waals surface area contributed by atoms with Gasteiger partial charge < -0.3 is 4.74 Å². The summed E-state index contributed by atoms with van der Waals surface area (Å²) in [7, 11) is 1.62. The van der Waals surface area contributed by atoms with Gasteiger partial charge in [0.25, 0.3) is 5.91 Å². The van der Waals surface area contributed by atoms with Crippen molar-refractivity contribution < 1.29 is 9.53 Å². The summed E-state index contributed by atoms with van der Waals surface area (Å²) in [6.45, 7) is 4.29. The first-order chi connectivity index (χ1) is 13.5. The highest BCUT2D eigenvalue weighted by atomic mass is 35.5. The van der Waals surface area contributed by atoms with Crippen LogP contribution in [0.2, 0.25) is 5.02 Å². The van der Waals surface area contributed by atoms with Crippen LogP contribution in [0.15, 0.2) is 48.5 Å². The molecule has 2 aromatic carbocycles. The van der Waals surface area contributed by atoms with Crippen LogP contribution in [0.3, 0.4) is 0 Å². The second kappa shape index (κ2) is 7.32. The first-order valence-corrected chi connectivity index (χ1v) is 9.67. The number of benzene rings is 2. The topological polar surface area (TPSA) is 58.2 Å². The van der Waals surface area contributed by atoms with Gasteiger partial charge in [-0.05, 0) is 54.3 Å². The number of halogens is 1. The van der Waals surface area contributed by atoms with Crippen LogP contribution in [0, 0.1) is 5.92 Å². The van der Waals surface area contributed by atoms with Crippen molar-refractivity contribution in [2.24, 2.45) is 5.92 Å². The lowest BCUT2D eigenvalue weighted by Gasteiger charge is -2.27. The Morgan fingerprint density at radius 2 is 1.96 bits per heavy atom. The number of hydrogen-bond donors (Lipinski definition) is 1. The lowest BCUT2D eigenvalue weighted by Crippen LogP contribution is -2.29. The Kier molecular flexibility index (Phi) is 4.85. The number of rotatable bonds is 5. The molecule has 0 aliphatic carbocycles. The fourth-order valence-electron chi connectivity index (χ4n) is 3.76. The first-order valence-electron chi connectivity index (χ1n) is 9.29. The number of carbonyl (C=O) groups excluding carboxylic acids is 1. The molecule has 28 heavy (non-hydrogen) atoms. The molecule has 144 valence electrons. The van der Waals surface area contributed by atoms with E-state index in [1.807, 2.05) is 48.5 Å². The zero-order valence-corrected chi connectivity index (χ0v) is 16.8. The van der Waals surface area contributed by atoms with Gasteiger partial charge >= 0.3 is 0 Å². The summed E-state index contributed by atoms with van der Waals surface area (Å²) in [5.41, 5.74) is 4.19. The molecule has 1 amide bonds. The molecule has 0 saturated carbocycles. The number of ether oxygens (including phenoxy) is 1. The number of methoxy groups -OCH3 is 1. The fourth-order valence-corrected chi connectivity index (χ4v) is 3.96. The largest absolute Gasteiger partial charge is 0.497 e. The SMILES string of the molecule is COc1ccc(N2C(=O)c3[nH]nc(CC(C)C)c3C2c2cccc(Cl)c2)cc1. The minimum atomic E-state index is -0.276. The van der Waals surface area contributed by atoms with Gasteiger partial charge in [-0.25, -0.2) is 0 Å². The Hall–Kier alpha value is -2.79. The predicted octanol–water partition coefficient (Wildman–Crippen LogP) is 5.02. The molecule has 1 N–H and O–H groups in total. The van der Waals surface area contributed by atoms with Crippen LogP contribution in [0.5, 0.6) is 5.75 Å². The van der Waals surface area contributed by atoms with Gasteiger partial charge in [0.2, 0.25) is 0 Å². The highest BCUT2D eigenvalue weighted by Crippen LogP contribution is 2.43. The maximum Gasteiger partial charge on any atom is 0.277 e. The second-order valence-electron chi connectivity index (χ2n) is 7.39. The Morgan fingerprint density at radius 1 is 1.21 bits per heavy atom. The lowest BCUT2D eigenvalue weighted by molar-refractivity contribution is 0.0988. The number of fused-ring (bicyclic) bond motifs is 1. The summed E-state index contributed by atoms with van der Waals surface area (Å²) < 4.78 is 5.26. The van der Waals surface area contributed by atoms with Gasteiger partial charge in [0, 0.05) is 16.3 Å². The lowest BCUT2D eigenvalue weighted by atomic mass is 9.95. The molecule has 0 spiro atoms. The molecule has 1 aliphatic heterocycles. The monoisotopic (exact) mass is 395 g/mol. The number of nitrogens with zero attached hydrogens (tertiary/aromatic N) is 2. The average molecular weight is 396 g/mol. The van der Waals surface area contributed by atoms with Gasteiger partial charge in [-0.15, -0.1) is 0 Å². The van der Waals surface area contributed by atoms with Crippen molar-refractivity contribution in [3.05, 3.63) is 76.1 Å². The van der Waals surface area contributed by atoms with Gasteiger partial charge in [-0.3, -0.25) is 14.8 Å². The van der Waals surface area contributed by atoms with E-state index >= 15 is 0 Å². The Balaban J connectivity index is 1.87. The van der Waals surface area contributed by atoms with Crippen molar-refractivity contribution in [2.45, 2.75) is 26.3 Å². The summed E-state index contributed by atoms with van der Waals surface area (Å²) in [6.07, 6.45) is 0.798. The molecule has 0 bridgehead atoms. The zero-order valence-electron chi connectivity index (χ0n) is 16.1. The highest BCUT2D eigenvalue weighted by Gasteiger charge is 2.42. The molecule has 4 rings (SSSR count). The fraction of sp³-hybridized carbons (Fsp3) is 0.273. The number of anilines is 1. The Labute approximate surface area is 169 Å². The highest BCUT2D eigenvalue weighted by molar-refractivity contribution is 6.30. The molecule has 6 heteroatoms. The van der Waals surface area contributed by atoms with Crippen molar-refractivity contribution >= 4 is 23.2 Å². The third-order valence-electron chi connectivity index (χ3n) is 4.96. The van der Waals surface area contributed by atoms with Gasteiger partial charge in [0.05, 0.1) is 18.8 Å².